The Bertz CT molecular complexity index is 994. The molecule has 0 aliphatic rings. The first kappa shape index (κ1) is 22.4. The summed E-state index contributed by atoms with van der Waals surface area (Å²) in [4.78, 5) is 29.8. The molecule has 0 N–H and O–H groups in total. The predicted octanol–water partition coefficient (Wildman–Crippen LogP) is 3.24. The fourth-order valence-electron chi connectivity index (χ4n) is 3.38. The molecule has 0 aliphatic carbocycles. The quantitative estimate of drug-likeness (QED) is 0.502. The smallest absolute Gasteiger partial charge is 0.254 e. The molecule has 0 fully saturated rings. The van der Waals surface area contributed by atoms with Gasteiger partial charge in [-0.25, -0.2) is 0 Å². The molecule has 0 spiro atoms. The lowest BCUT2D eigenvalue weighted by molar-refractivity contribution is -0.133. The van der Waals surface area contributed by atoms with Crippen LogP contribution in [0, 0.1) is 6.92 Å². The molecule has 2 amide bonds. The number of carbonyl (C=O) groups excluding carboxylic acids is 2. The molecular weight excluding hydrogens is 394 g/mol. The highest BCUT2D eigenvalue weighted by molar-refractivity contribution is 5.97. The van der Waals surface area contributed by atoms with Crippen LogP contribution in [0.3, 0.4) is 0 Å². The second kappa shape index (κ2) is 10.6. The standard InChI is InChI=1S/C24H29N3O4/c1-19-8-4-5-11-22(19)24(29)26(13-15-30-3)18-23(28)27(17-21-10-7-14-31-21)16-20-9-6-12-25(20)2/h4-12,14H,13,15-18H2,1-3H3. The number of methoxy groups -OCH3 is 1. The van der Waals surface area contributed by atoms with Crippen molar-refractivity contribution in [2.24, 2.45) is 7.05 Å². The van der Waals surface area contributed by atoms with Crippen molar-refractivity contribution in [2.45, 2.75) is 20.0 Å². The Hall–Kier alpha value is -3.32. The molecule has 0 radical (unpaired) electrons. The van der Waals surface area contributed by atoms with E-state index in [4.69, 9.17) is 9.15 Å². The lowest BCUT2D eigenvalue weighted by Crippen LogP contribution is -2.44. The zero-order chi connectivity index (χ0) is 22.2. The number of ether oxygens (including phenoxy) is 1. The molecule has 7 heteroatoms. The van der Waals surface area contributed by atoms with Gasteiger partial charge in [0.1, 0.15) is 12.3 Å². The van der Waals surface area contributed by atoms with Gasteiger partial charge < -0.3 is 23.5 Å². The van der Waals surface area contributed by atoms with Gasteiger partial charge in [0.2, 0.25) is 5.91 Å². The van der Waals surface area contributed by atoms with Crippen LogP contribution in [-0.2, 0) is 29.7 Å². The van der Waals surface area contributed by atoms with Crippen molar-refractivity contribution in [3.05, 3.63) is 83.6 Å². The molecule has 164 valence electrons. The van der Waals surface area contributed by atoms with E-state index >= 15 is 0 Å². The van der Waals surface area contributed by atoms with Crippen LogP contribution in [0.25, 0.3) is 0 Å². The van der Waals surface area contributed by atoms with Crippen molar-refractivity contribution >= 4 is 11.8 Å². The second-order valence-electron chi connectivity index (χ2n) is 7.47. The molecular formula is C24H29N3O4. The zero-order valence-corrected chi connectivity index (χ0v) is 18.3. The Morgan fingerprint density at radius 3 is 2.48 bits per heavy atom. The summed E-state index contributed by atoms with van der Waals surface area (Å²) in [5.41, 5.74) is 2.46. The van der Waals surface area contributed by atoms with Gasteiger partial charge in [0.05, 0.1) is 26.0 Å². The number of aromatic nitrogens is 1. The lowest BCUT2D eigenvalue weighted by Gasteiger charge is -2.28. The molecule has 2 aromatic heterocycles. The Kier molecular flexibility index (Phi) is 7.67. The van der Waals surface area contributed by atoms with Gasteiger partial charge in [0, 0.05) is 38.2 Å². The molecule has 1 aromatic carbocycles. The highest BCUT2D eigenvalue weighted by Gasteiger charge is 2.24. The van der Waals surface area contributed by atoms with Crippen molar-refractivity contribution in [3.8, 4) is 0 Å². The molecule has 0 saturated heterocycles. The third-order valence-corrected chi connectivity index (χ3v) is 5.24. The highest BCUT2D eigenvalue weighted by Crippen LogP contribution is 2.14. The van der Waals surface area contributed by atoms with Crippen LogP contribution in [0.5, 0.6) is 0 Å². The lowest BCUT2D eigenvalue weighted by atomic mass is 10.1. The number of hydrogen-bond donors (Lipinski definition) is 0. The first-order chi connectivity index (χ1) is 15.0. The van der Waals surface area contributed by atoms with Gasteiger partial charge in [-0.2, -0.15) is 0 Å². The van der Waals surface area contributed by atoms with E-state index in [1.54, 1.807) is 35.3 Å². The predicted molar refractivity (Wildman–Crippen MR) is 117 cm³/mol. The van der Waals surface area contributed by atoms with Crippen molar-refractivity contribution in [1.29, 1.82) is 0 Å². The van der Waals surface area contributed by atoms with Crippen molar-refractivity contribution in [2.75, 3.05) is 26.8 Å². The third-order valence-electron chi connectivity index (χ3n) is 5.24. The van der Waals surface area contributed by atoms with Crippen LogP contribution in [-0.4, -0.2) is 53.0 Å². The van der Waals surface area contributed by atoms with Gasteiger partial charge in [-0.1, -0.05) is 18.2 Å². The summed E-state index contributed by atoms with van der Waals surface area (Å²) in [5.74, 6) is 0.354. The van der Waals surface area contributed by atoms with E-state index in [0.717, 1.165) is 11.3 Å². The van der Waals surface area contributed by atoms with Crippen molar-refractivity contribution in [3.63, 3.8) is 0 Å². The van der Waals surface area contributed by atoms with E-state index < -0.39 is 0 Å². The number of carbonyl (C=O) groups is 2. The normalized spacial score (nSPS) is 10.8. The molecule has 0 unspecified atom stereocenters. The number of furan rings is 1. The molecule has 31 heavy (non-hydrogen) atoms. The average Bonchev–Trinajstić information content (AvgIpc) is 3.42. The Balaban J connectivity index is 1.80. The Morgan fingerprint density at radius 2 is 1.84 bits per heavy atom. The van der Waals surface area contributed by atoms with E-state index in [-0.39, 0.29) is 18.4 Å². The van der Waals surface area contributed by atoms with Gasteiger partial charge in [0.25, 0.3) is 5.91 Å². The molecule has 7 nitrogen and oxygen atoms in total. The summed E-state index contributed by atoms with van der Waals surface area (Å²) < 4.78 is 12.6. The minimum Gasteiger partial charge on any atom is -0.467 e. The van der Waals surface area contributed by atoms with Crippen LogP contribution >= 0.6 is 0 Å². The molecule has 0 saturated carbocycles. The first-order valence-corrected chi connectivity index (χ1v) is 10.2. The number of aryl methyl sites for hydroxylation is 2. The van der Waals surface area contributed by atoms with E-state index in [1.807, 2.05) is 61.1 Å². The zero-order valence-electron chi connectivity index (χ0n) is 18.3. The fraction of sp³-hybridized carbons (Fsp3) is 0.333. The van der Waals surface area contributed by atoms with Gasteiger partial charge in [-0.05, 0) is 42.8 Å². The van der Waals surface area contributed by atoms with Crippen molar-refractivity contribution < 1.29 is 18.7 Å². The van der Waals surface area contributed by atoms with E-state index in [9.17, 15) is 9.59 Å². The van der Waals surface area contributed by atoms with Crippen LogP contribution in [0.1, 0.15) is 27.4 Å². The van der Waals surface area contributed by atoms with E-state index in [0.29, 0.717) is 37.6 Å². The second-order valence-corrected chi connectivity index (χ2v) is 7.47. The van der Waals surface area contributed by atoms with Crippen LogP contribution in [0.15, 0.2) is 65.4 Å². The molecule has 3 aromatic rings. The largest absolute Gasteiger partial charge is 0.467 e. The number of hydrogen-bond acceptors (Lipinski definition) is 4. The minimum atomic E-state index is -0.180. The summed E-state index contributed by atoms with van der Waals surface area (Å²) in [6.07, 6.45) is 3.53. The van der Waals surface area contributed by atoms with Gasteiger partial charge in [0.15, 0.2) is 0 Å². The monoisotopic (exact) mass is 423 g/mol. The summed E-state index contributed by atoms with van der Waals surface area (Å²) >= 11 is 0. The number of benzene rings is 1. The summed E-state index contributed by atoms with van der Waals surface area (Å²) in [5, 5.41) is 0. The van der Waals surface area contributed by atoms with Crippen molar-refractivity contribution in [1.82, 2.24) is 14.4 Å². The maximum atomic E-state index is 13.3. The molecule has 0 atom stereocenters. The highest BCUT2D eigenvalue weighted by atomic mass is 16.5. The Labute approximate surface area is 182 Å². The first-order valence-electron chi connectivity index (χ1n) is 10.2. The Morgan fingerprint density at radius 1 is 1.03 bits per heavy atom. The molecule has 3 rings (SSSR count). The average molecular weight is 424 g/mol. The topological polar surface area (TPSA) is 67.9 Å². The van der Waals surface area contributed by atoms with Gasteiger partial charge in [-0.15, -0.1) is 0 Å². The van der Waals surface area contributed by atoms with E-state index in [2.05, 4.69) is 0 Å². The maximum absolute atomic E-state index is 13.3. The minimum absolute atomic E-state index is 0.0400. The van der Waals surface area contributed by atoms with Crippen LogP contribution in [0.2, 0.25) is 0 Å². The van der Waals surface area contributed by atoms with Crippen LogP contribution in [0.4, 0.5) is 0 Å². The summed E-state index contributed by atoms with van der Waals surface area (Å²) in [6, 6.07) is 15.0. The van der Waals surface area contributed by atoms with Gasteiger partial charge in [-0.3, -0.25) is 9.59 Å². The number of amides is 2. The maximum Gasteiger partial charge on any atom is 0.254 e. The number of nitrogens with zero attached hydrogens (tertiary/aromatic N) is 3. The molecule has 2 heterocycles. The summed E-state index contributed by atoms with van der Waals surface area (Å²) in [7, 11) is 3.52. The SMILES string of the molecule is COCCN(CC(=O)N(Cc1ccco1)Cc1cccn1C)C(=O)c1ccccc1C. The fourth-order valence-corrected chi connectivity index (χ4v) is 3.38. The number of rotatable bonds is 10. The molecule has 0 bridgehead atoms. The third kappa shape index (κ3) is 5.86. The van der Waals surface area contributed by atoms with E-state index in [1.165, 1.54) is 0 Å². The molecule has 0 aliphatic heterocycles. The summed E-state index contributed by atoms with van der Waals surface area (Å²) in [6.45, 7) is 3.27. The van der Waals surface area contributed by atoms with Gasteiger partial charge >= 0.3 is 0 Å². The van der Waals surface area contributed by atoms with Crippen LogP contribution < -0.4 is 0 Å².